The number of nitro benzene ring substituents is 1. The third-order valence-electron chi connectivity index (χ3n) is 3.99. The number of sulfonamides is 1. The topological polar surface area (TPSA) is 98.6 Å². The SMILES string of the molecule is Cn1cccc1CN(Cc1ccco1)S(=O)(=O)c1ccc([N+](=O)[O-])cc1. The van der Waals surface area contributed by atoms with Crippen molar-refractivity contribution in [1.29, 1.82) is 0 Å². The third-order valence-corrected chi connectivity index (χ3v) is 5.79. The smallest absolute Gasteiger partial charge is 0.269 e. The summed E-state index contributed by atoms with van der Waals surface area (Å²) in [5, 5.41) is 10.8. The number of nitro groups is 1. The average molecular weight is 375 g/mol. The van der Waals surface area contributed by atoms with Crippen LogP contribution in [0.5, 0.6) is 0 Å². The number of benzene rings is 1. The lowest BCUT2D eigenvalue weighted by atomic mass is 10.3. The summed E-state index contributed by atoms with van der Waals surface area (Å²) in [4.78, 5) is 10.2. The molecule has 2 aromatic heterocycles. The highest BCUT2D eigenvalue weighted by atomic mass is 32.2. The van der Waals surface area contributed by atoms with Gasteiger partial charge in [0.25, 0.3) is 5.69 Å². The third kappa shape index (κ3) is 3.68. The second kappa shape index (κ2) is 7.14. The summed E-state index contributed by atoms with van der Waals surface area (Å²) in [6.45, 7) is 0.195. The summed E-state index contributed by atoms with van der Waals surface area (Å²) >= 11 is 0. The minimum absolute atomic E-state index is 0.0103. The van der Waals surface area contributed by atoms with Gasteiger partial charge in [-0.3, -0.25) is 10.1 Å². The highest BCUT2D eigenvalue weighted by molar-refractivity contribution is 7.89. The first-order valence-corrected chi connectivity index (χ1v) is 9.19. The fraction of sp³-hybridized carbons (Fsp3) is 0.176. The predicted octanol–water partition coefficient (Wildman–Crippen LogP) is 2.92. The van der Waals surface area contributed by atoms with Crippen LogP contribution in [0, 0.1) is 10.1 Å². The molecule has 0 saturated heterocycles. The molecular weight excluding hydrogens is 358 g/mol. The molecule has 8 nitrogen and oxygen atoms in total. The first-order chi connectivity index (χ1) is 12.4. The zero-order chi connectivity index (χ0) is 18.7. The Hall–Kier alpha value is -2.91. The monoisotopic (exact) mass is 375 g/mol. The van der Waals surface area contributed by atoms with Crippen molar-refractivity contribution in [2.75, 3.05) is 0 Å². The van der Waals surface area contributed by atoms with E-state index in [0.717, 1.165) is 5.69 Å². The van der Waals surface area contributed by atoms with Crippen LogP contribution in [-0.2, 0) is 30.2 Å². The molecule has 0 atom stereocenters. The van der Waals surface area contributed by atoms with Gasteiger partial charge in [0.2, 0.25) is 10.0 Å². The molecule has 0 amide bonds. The summed E-state index contributed by atoms with van der Waals surface area (Å²) in [6.07, 6.45) is 3.31. The molecule has 0 aliphatic rings. The quantitative estimate of drug-likeness (QED) is 0.467. The van der Waals surface area contributed by atoms with E-state index in [1.807, 2.05) is 29.9 Å². The van der Waals surface area contributed by atoms with Crippen LogP contribution in [0.25, 0.3) is 0 Å². The van der Waals surface area contributed by atoms with Gasteiger partial charge >= 0.3 is 0 Å². The van der Waals surface area contributed by atoms with Gasteiger partial charge in [0, 0.05) is 31.1 Å². The van der Waals surface area contributed by atoms with Crippen molar-refractivity contribution >= 4 is 15.7 Å². The van der Waals surface area contributed by atoms with Gasteiger partial charge in [-0.05, 0) is 36.4 Å². The maximum atomic E-state index is 13.1. The Bertz CT molecular complexity index is 991. The molecule has 0 N–H and O–H groups in total. The van der Waals surface area contributed by atoms with Crippen LogP contribution in [0.2, 0.25) is 0 Å². The summed E-state index contributed by atoms with van der Waals surface area (Å²) in [5.74, 6) is 0.504. The van der Waals surface area contributed by atoms with Gasteiger partial charge in [-0.15, -0.1) is 0 Å². The fourth-order valence-electron chi connectivity index (χ4n) is 2.53. The molecule has 26 heavy (non-hydrogen) atoms. The van der Waals surface area contributed by atoms with Crippen molar-refractivity contribution in [2.45, 2.75) is 18.0 Å². The molecule has 3 aromatic rings. The van der Waals surface area contributed by atoms with E-state index in [1.54, 1.807) is 12.1 Å². The Balaban J connectivity index is 1.95. The van der Waals surface area contributed by atoms with Crippen molar-refractivity contribution in [3.05, 3.63) is 82.6 Å². The standard InChI is InChI=1S/C17H17N3O5S/c1-18-10-2-4-15(18)12-19(13-16-5-3-11-25-16)26(23,24)17-8-6-14(7-9-17)20(21)22/h2-11H,12-13H2,1H3. The molecule has 3 rings (SSSR count). The van der Waals surface area contributed by atoms with Crippen molar-refractivity contribution in [2.24, 2.45) is 7.05 Å². The second-order valence-corrected chi connectivity index (χ2v) is 7.65. The summed E-state index contributed by atoms with van der Waals surface area (Å²) in [6, 6.07) is 11.9. The lowest BCUT2D eigenvalue weighted by molar-refractivity contribution is -0.384. The molecule has 2 heterocycles. The van der Waals surface area contributed by atoms with E-state index in [9.17, 15) is 18.5 Å². The molecule has 0 aliphatic heterocycles. The highest BCUT2D eigenvalue weighted by Gasteiger charge is 2.27. The zero-order valence-electron chi connectivity index (χ0n) is 14.0. The van der Waals surface area contributed by atoms with Gasteiger partial charge in [0.1, 0.15) is 5.76 Å². The normalized spacial score (nSPS) is 11.8. The summed E-state index contributed by atoms with van der Waals surface area (Å²) in [5.41, 5.74) is 0.644. The minimum atomic E-state index is -3.88. The molecule has 9 heteroatoms. The van der Waals surface area contributed by atoms with E-state index < -0.39 is 14.9 Å². The van der Waals surface area contributed by atoms with E-state index in [1.165, 1.54) is 34.8 Å². The van der Waals surface area contributed by atoms with Gasteiger partial charge in [-0.25, -0.2) is 8.42 Å². The van der Waals surface area contributed by atoms with Gasteiger partial charge in [0.15, 0.2) is 0 Å². The molecular formula is C17H17N3O5S. The first-order valence-electron chi connectivity index (χ1n) is 7.75. The van der Waals surface area contributed by atoms with Crippen LogP contribution in [-0.4, -0.2) is 22.2 Å². The highest BCUT2D eigenvalue weighted by Crippen LogP contribution is 2.23. The van der Waals surface area contributed by atoms with Gasteiger partial charge < -0.3 is 8.98 Å². The Morgan fingerprint density at radius 2 is 1.85 bits per heavy atom. The Kier molecular flexibility index (Phi) is 4.92. The van der Waals surface area contributed by atoms with Crippen LogP contribution >= 0.6 is 0 Å². The van der Waals surface area contributed by atoms with Gasteiger partial charge in [0.05, 0.1) is 29.2 Å². The van der Waals surface area contributed by atoms with Crippen molar-refractivity contribution < 1.29 is 17.8 Å². The number of non-ortho nitro benzene ring substituents is 1. The van der Waals surface area contributed by atoms with E-state index in [0.29, 0.717) is 5.76 Å². The first kappa shape index (κ1) is 17.9. The zero-order valence-corrected chi connectivity index (χ0v) is 14.8. The van der Waals surface area contributed by atoms with Crippen LogP contribution in [0.4, 0.5) is 5.69 Å². The van der Waals surface area contributed by atoms with Crippen LogP contribution in [0.1, 0.15) is 11.5 Å². The van der Waals surface area contributed by atoms with Crippen molar-refractivity contribution in [1.82, 2.24) is 8.87 Å². The number of aromatic nitrogens is 1. The maximum absolute atomic E-state index is 13.1. The molecule has 0 unspecified atom stereocenters. The largest absolute Gasteiger partial charge is 0.468 e. The van der Waals surface area contributed by atoms with E-state index >= 15 is 0 Å². The van der Waals surface area contributed by atoms with Crippen molar-refractivity contribution in [3.8, 4) is 0 Å². The molecule has 0 saturated carbocycles. The Labute approximate surface area is 150 Å². The van der Waals surface area contributed by atoms with Crippen LogP contribution in [0.15, 0.2) is 70.3 Å². The summed E-state index contributed by atoms with van der Waals surface area (Å²) in [7, 11) is -2.04. The molecule has 0 aliphatic carbocycles. The molecule has 0 radical (unpaired) electrons. The molecule has 0 spiro atoms. The molecule has 1 aromatic carbocycles. The lowest BCUT2D eigenvalue weighted by Crippen LogP contribution is -2.30. The fourth-order valence-corrected chi connectivity index (χ4v) is 3.91. The molecule has 136 valence electrons. The molecule has 0 bridgehead atoms. The number of nitrogens with zero attached hydrogens (tertiary/aromatic N) is 3. The number of hydrogen-bond acceptors (Lipinski definition) is 5. The minimum Gasteiger partial charge on any atom is -0.468 e. The average Bonchev–Trinajstić information content (AvgIpc) is 3.26. The van der Waals surface area contributed by atoms with E-state index in [-0.39, 0.29) is 23.7 Å². The summed E-state index contributed by atoms with van der Waals surface area (Å²) < 4.78 is 34.6. The van der Waals surface area contributed by atoms with E-state index in [2.05, 4.69) is 0 Å². The van der Waals surface area contributed by atoms with Crippen molar-refractivity contribution in [3.63, 3.8) is 0 Å². The van der Waals surface area contributed by atoms with Crippen LogP contribution in [0.3, 0.4) is 0 Å². The predicted molar refractivity (Wildman–Crippen MR) is 93.7 cm³/mol. The lowest BCUT2D eigenvalue weighted by Gasteiger charge is -2.21. The Morgan fingerprint density at radius 3 is 2.38 bits per heavy atom. The molecule has 0 fully saturated rings. The van der Waals surface area contributed by atoms with Crippen LogP contribution < -0.4 is 0 Å². The second-order valence-electron chi connectivity index (χ2n) is 5.71. The van der Waals surface area contributed by atoms with E-state index in [4.69, 9.17) is 4.42 Å². The number of aryl methyl sites for hydroxylation is 1. The number of furan rings is 1. The number of rotatable bonds is 7. The van der Waals surface area contributed by atoms with Gasteiger partial charge in [-0.2, -0.15) is 4.31 Å². The van der Waals surface area contributed by atoms with Gasteiger partial charge in [-0.1, -0.05) is 0 Å². The number of hydrogen-bond donors (Lipinski definition) is 0. The Morgan fingerprint density at radius 1 is 1.12 bits per heavy atom. The maximum Gasteiger partial charge on any atom is 0.269 e.